The van der Waals surface area contributed by atoms with Gasteiger partial charge in [0.05, 0.1) is 6.04 Å². The number of hydrogen-bond donors (Lipinski definition) is 2. The fourth-order valence-corrected chi connectivity index (χ4v) is 2.17. The van der Waals surface area contributed by atoms with Crippen molar-refractivity contribution in [1.29, 1.82) is 0 Å². The van der Waals surface area contributed by atoms with Crippen LogP contribution in [0.3, 0.4) is 0 Å². The monoisotopic (exact) mass is 308 g/mol. The number of nitrogens with one attached hydrogen (secondary N) is 1. The van der Waals surface area contributed by atoms with Gasteiger partial charge in [-0.1, -0.05) is 28.1 Å². The van der Waals surface area contributed by atoms with Crippen molar-refractivity contribution in [3.05, 3.63) is 64.4 Å². The molecule has 4 heteroatoms. The molecule has 0 radical (unpaired) electrons. The number of nitrogens with two attached hydrogens (primary N) is 1. The molecule has 3 N–H and O–H groups in total. The Labute approximate surface area is 114 Å². The third-order valence-electron chi connectivity index (χ3n) is 2.67. The van der Waals surface area contributed by atoms with Gasteiger partial charge in [-0.15, -0.1) is 0 Å². The van der Waals surface area contributed by atoms with Gasteiger partial charge in [-0.2, -0.15) is 0 Å². The van der Waals surface area contributed by atoms with Crippen LogP contribution in [0.5, 0.6) is 0 Å². The standard InChI is InChI=1S/C14H14BrFN2/c15-11-3-1-2-10(8-11)14(9-17)18-13-6-4-12(16)5-7-13/h1-8,14,18H,9,17H2. The molecule has 2 aromatic rings. The van der Waals surface area contributed by atoms with E-state index in [1.54, 1.807) is 12.1 Å². The summed E-state index contributed by atoms with van der Waals surface area (Å²) in [4.78, 5) is 0. The zero-order valence-electron chi connectivity index (χ0n) is 9.74. The van der Waals surface area contributed by atoms with E-state index in [9.17, 15) is 4.39 Å². The number of benzene rings is 2. The zero-order valence-corrected chi connectivity index (χ0v) is 11.3. The highest BCUT2D eigenvalue weighted by atomic mass is 79.9. The first-order chi connectivity index (χ1) is 8.69. The van der Waals surface area contributed by atoms with Gasteiger partial charge in [-0.3, -0.25) is 0 Å². The van der Waals surface area contributed by atoms with Crippen molar-refractivity contribution in [3.63, 3.8) is 0 Å². The van der Waals surface area contributed by atoms with E-state index in [-0.39, 0.29) is 11.9 Å². The molecule has 0 heterocycles. The van der Waals surface area contributed by atoms with E-state index in [2.05, 4.69) is 21.2 Å². The highest BCUT2D eigenvalue weighted by Crippen LogP contribution is 2.21. The molecule has 94 valence electrons. The molecular weight excluding hydrogens is 295 g/mol. The molecule has 0 aliphatic heterocycles. The van der Waals surface area contributed by atoms with Crippen molar-refractivity contribution in [2.75, 3.05) is 11.9 Å². The molecule has 0 saturated carbocycles. The fourth-order valence-electron chi connectivity index (χ4n) is 1.75. The summed E-state index contributed by atoms with van der Waals surface area (Å²) in [6.07, 6.45) is 0. The Morgan fingerprint density at radius 3 is 2.50 bits per heavy atom. The fraction of sp³-hybridized carbons (Fsp3) is 0.143. The van der Waals surface area contributed by atoms with Crippen LogP contribution in [-0.2, 0) is 0 Å². The van der Waals surface area contributed by atoms with Gasteiger partial charge in [0, 0.05) is 16.7 Å². The van der Waals surface area contributed by atoms with Crippen molar-refractivity contribution in [2.45, 2.75) is 6.04 Å². The van der Waals surface area contributed by atoms with E-state index in [4.69, 9.17) is 5.73 Å². The first-order valence-corrected chi connectivity index (χ1v) is 6.46. The Kier molecular flexibility index (Phi) is 4.33. The lowest BCUT2D eigenvalue weighted by atomic mass is 10.1. The van der Waals surface area contributed by atoms with Crippen LogP contribution in [0.2, 0.25) is 0 Å². The number of hydrogen-bond acceptors (Lipinski definition) is 2. The first-order valence-electron chi connectivity index (χ1n) is 5.66. The molecular formula is C14H14BrFN2. The van der Waals surface area contributed by atoms with Gasteiger partial charge < -0.3 is 11.1 Å². The number of anilines is 1. The van der Waals surface area contributed by atoms with Crippen LogP contribution in [0.4, 0.5) is 10.1 Å². The lowest BCUT2D eigenvalue weighted by Crippen LogP contribution is -2.20. The van der Waals surface area contributed by atoms with Crippen molar-refractivity contribution < 1.29 is 4.39 Å². The molecule has 0 amide bonds. The van der Waals surface area contributed by atoms with Crippen LogP contribution >= 0.6 is 15.9 Å². The van der Waals surface area contributed by atoms with E-state index in [0.29, 0.717) is 6.54 Å². The highest BCUT2D eigenvalue weighted by Gasteiger charge is 2.09. The normalized spacial score (nSPS) is 12.2. The Bertz CT molecular complexity index is 513. The summed E-state index contributed by atoms with van der Waals surface area (Å²) in [5, 5.41) is 3.29. The minimum atomic E-state index is -0.243. The lowest BCUT2D eigenvalue weighted by molar-refractivity contribution is 0.628. The Morgan fingerprint density at radius 1 is 1.17 bits per heavy atom. The summed E-state index contributed by atoms with van der Waals surface area (Å²) in [6, 6.07) is 14.2. The van der Waals surface area contributed by atoms with E-state index < -0.39 is 0 Å². The van der Waals surface area contributed by atoms with Crippen molar-refractivity contribution >= 4 is 21.6 Å². The molecule has 0 bridgehead atoms. The Morgan fingerprint density at radius 2 is 1.89 bits per heavy atom. The molecule has 0 aliphatic carbocycles. The average Bonchev–Trinajstić information content (AvgIpc) is 2.38. The molecule has 0 spiro atoms. The summed E-state index contributed by atoms with van der Waals surface area (Å²) in [6.45, 7) is 0.466. The summed E-state index contributed by atoms with van der Waals surface area (Å²) in [5.41, 5.74) is 7.73. The van der Waals surface area contributed by atoms with Crippen molar-refractivity contribution in [2.24, 2.45) is 5.73 Å². The maximum atomic E-state index is 12.8. The summed E-state index contributed by atoms with van der Waals surface area (Å²) in [7, 11) is 0. The quantitative estimate of drug-likeness (QED) is 0.904. The molecule has 0 saturated heterocycles. The van der Waals surface area contributed by atoms with E-state index in [1.165, 1.54) is 12.1 Å². The van der Waals surface area contributed by atoms with Crippen LogP contribution in [0.1, 0.15) is 11.6 Å². The largest absolute Gasteiger partial charge is 0.377 e. The molecule has 2 nitrogen and oxygen atoms in total. The maximum absolute atomic E-state index is 12.8. The lowest BCUT2D eigenvalue weighted by Gasteiger charge is -2.18. The van der Waals surface area contributed by atoms with E-state index >= 15 is 0 Å². The number of halogens is 2. The van der Waals surface area contributed by atoms with Crippen LogP contribution in [-0.4, -0.2) is 6.54 Å². The van der Waals surface area contributed by atoms with Gasteiger partial charge in [-0.05, 0) is 42.0 Å². The van der Waals surface area contributed by atoms with Crippen LogP contribution < -0.4 is 11.1 Å². The average molecular weight is 309 g/mol. The molecule has 0 aromatic heterocycles. The maximum Gasteiger partial charge on any atom is 0.123 e. The summed E-state index contributed by atoms with van der Waals surface area (Å²) < 4.78 is 13.8. The van der Waals surface area contributed by atoms with Gasteiger partial charge in [0.2, 0.25) is 0 Å². The Hall–Kier alpha value is -1.39. The third-order valence-corrected chi connectivity index (χ3v) is 3.17. The second-order valence-electron chi connectivity index (χ2n) is 3.99. The first kappa shape index (κ1) is 13.1. The smallest absolute Gasteiger partial charge is 0.123 e. The van der Waals surface area contributed by atoms with Gasteiger partial charge in [-0.25, -0.2) is 4.39 Å². The van der Waals surface area contributed by atoms with Crippen LogP contribution in [0.15, 0.2) is 53.0 Å². The predicted molar refractivity (Wildman–Crippen MR) is 76.0 cm³/mol. The van der Waals surface area contributed by atoms with Crippen molar-refractivity contribution in [3.8, 4) is 0 Å². The highest BCUT2D eigenvalue weighted by molar-refractivity contribution is 9.10. The SMILES string of the molecule is NCC(Nc1ccc(F)cc1)c1cccc(Br)c1. The molecule has 2 rings (SSSR count). The molecule has 1 atom stereocenters. The molecule has 0 fully saturated rings. The zero-order chi connectivity index (χ0) is 13.0. The van der Waals surface area contributed by atoms with Crippen molar-refractivity contribution in [1.82, 2.24) is 0 Å². The van der Waals surface area contributed by atoms with Crippen LogP contribution in [0.25, 0.3) is 0 Å². The minimum absolute atomic E-state index is 0.00737. The second-order valence-corrected chi connectivity index (χ2v) is 4.91. The predicted octanol–water partition coefficient (Wildman–Crippen LogP) is 3.70. The van der Waals surface area contributed by atoms with Gasteiger partial charge in [0.25, 0.3) is 0 Å². The summed E-state index contributed by atoms with van der Waals surface area (Å²) in [5.74, 6) is -0.243. The van der Waals surface area contributed by atoms with Gasteiger partial charge in [0.1, 0.15) is 5.82 Å². The number of rotatable bonds is 4. The van der Waals surface area contributed by atoms with Gasteiger partial charge >= 0.3 is 0 Å². The van der Waals surface area contributed by atoms with Crippen LogP contribution in [0, 0.1) is 5.82 Å². The molecule has 0 aliphatic rings. The minimum Gasteiger partial charge on any atom is -0.377 e. The molecule has 1 unspecified atom stereocenters. The van der Waals surface area contributed by atoms with E-state index in [1.807, 2.05) is 24.3 Å². The summed E-state index contributed by atoms with van der Waals surface area (Å²) >= 11 is 3.44. The second kappa shape index (κ2) is 5.98. The third kappa shape index (κ3) is 3.31. The molecule has 18 heavy (non-hydrogen) atoms. The Balaban J connectivity index is 2.17. The van der Waals surface area contributed by atoms with E-state index in [0.717, 1.165) is 15.7 Å². The van der Waals surface area contributed by atoms with Gasteiger partial charge in [0.15, 0.2) is 0 Å². The topological polar surface area (TPSA) is 38.0 Å². The molecule has 2 aromatic carbocycles.